The normalized spacial score (nSPS) is 21.7. The second-order valence-electron chi connectivity index (χ2n) is 6.65. The van der Waals surface area contributed by atoms with Crippen molar-refractivity contribution in [2.24, 2.45) is 11.8 Å². The highest BCUT2D eigenvalue weighted by Gasteiger charge is 2.21. The lowest BCUT2D eigenvalue weighted by Crippen LogP contribution is -2.15. The van der Waals surface area contributed by atoms with Crippen molar-refractivity contribution in [2.45, 2.75) is 65.2 Å². The molecule has 0 heterocycles. The highest BCUT2D eigenvalue weighted by atomic mass is 19.2. The average Bonchev–Trinajstić information content (AvgIpc) is 2.57. The lowest BCUT2D eigenvalue weighted by molar-refractivity contribution is 0.251. The van der Waals surface area contributed by atoms with Crippen molar-refractivity contribution in [1.82, 2.24) is 0 Å². The van der Waals surface area contributed by atoms with E-state index in [1.54, 1.807) is 19.1 Å². The molecule has 0 atom stereocenters. The summed E-state index contributed by atoms with van der Waals surface area (Å²) in [5.74, 6) is -0.152. The molecule has 1 nitrogen and oxygen atoms in total. The van der Waals surface area contributed by atoms with E-state index in [1.165, 1.54) is 50.9 Å². The molecule has 0 amide bonds. The molecule has 0 saturated heterocycles. The summed E-state index contributed by atoms with van der Waals surface area (Å²) in [5, 5.41) is 0. The van der Waals surface area contributed by atoms with Gasteiger partial charge in [0.25, 0.3) is 0 Å². The van der Waals surface area contributed by atoms with E-state index in [9.17, 15) is 8.78 Å². The minimum atomic E-state index is -0.882. The maximum atomic E-state index is 14.1. The van der Waals surface area contributed by atoms with E-state index in [0.29, 0.717) is 17.9 Å². The Bertz CT molecular complexity index is 517. The summed E-state index contributed by atoms with van der Waals surface area (Å²) in [6.45, 7) is 4.00. The van der Waals surface area contributed by atoms with Crippen LogP contribution in [0.15, 0.2) is 24.5 Å². The number of allylic oxidation sites excluding steroid dienone is 1. The van der Waals surface area contributed by atoms with Crippen molar-refractivity contribution in [3.05, 3.63) is 41.7 Å². The van der Waals surface area contributed by atoms with Crippen LogP contribution >= 0.6 is 0 Å². The Balaban J connectivity index is 1.88. The van der Waals surface area contributed by atoms with Crippen LogP contribution in [0.25, 0.3) is 0 Å². The lowest BCUT2D eigenvalue weighted by Gasteiger charge is -2.28. The first kappa shape index (κ1) is 18.0. The van der Waals surface area contributed by atoms with E-state index in [0.717, 1.165) is 12.3 Å². The first-order valence-corrected chi connectivity index (χ1v) is 8.90. The van der Waals surface area contributed by atoms with Gasteiger partial charge in [-0.2, -0.15) is 4.39 Å². The zero-order chi connectivity index (χ0) is 16.7. The number of rotatable bonds is 7. The molecule has 1 aromatic carbocycles. The Morgan fingerprint density at radius 3 is 2.30 bits per heavy atom. The van der Waals surface area contributed by atoms with E-state index in [-0.39, 0.29) is 5.75 Å². The van der Waals surface area contributed by atoms with Crippen molar-refractivity contribution in [3.8, 4) is 5.75 Å². The summed E-state index contributed by atoms with van der Waals surface area (Å²) in [4.78, 5) is 0. The SMILES string of the molecule is C/C=C/Oc1ccc(CCC2CCC(CCC)CC2)c(F)c1F. The predicted octanol–water partition coefficient (Wildman–Crippen LogP) is 6.42. The molecule has 0 aliphatic heterocycles. The number of hydrogen-bond acceptors (Lipinski definition) is 1. The molecule has 0 spiro atoms. The summed E-state index contributed by atoms with van der Waals surface area (Å²) < 4.78 is 33.1. The van der Waals surface area contributed by atoms with Gasteiger partial charge in [0.15, 0.2) is 11.6 Å². The molecule has 3 heteroatoms. The van der Waals surface area contributed by atoms with Gasteiger partial charge in [0, 0.05) is 0 Å². The lowest BCUT2D eigenvalue weighted by atomic mass is 9.78. The molecule has 1 aliphatic carbocycles. The molecule has 0 radical (unpaired) electrons. The van der Waals surface area contributed by atoms with Gasteiger partial charge in [0.1, 0.15) is 0 Å². The Hall–Kier alpha value is -1.38. The molecule has 0 bridgehead atoms. The molecule has 2 rings (SSSR count). The standard InChI is InChI=1S/C20H28F2O/c1-3-5-15-6-8-16(9-7-15)10-11-17-12-13-18(23-14-4-2)20(22)19(17)21/h4,12-16H,3,5-11H2,1-2H3/b14-4+. The van der Waals surface area contributed by atoms with Crippen LogP contribution in [0.3, 0.4) is 0 Å². The van der Waals surface area contributed by atoms with Crippen molar-refractivity contribution in [1.29, 1.82) is 0 Å². The molecular weight excluding hydrogens is 294 g/mol. The predicted molar refractivity (Wildman–Crippen MR) is 90.5 cm³/mol. The molecule has 1 aliphatic rings. The molecule has 0 unspecified atom stereocenters. The zero-order valence-electron chi connectivity index (χ0n) is 14.3. The van der Waals surface area contributed by atoms with Crippen LogP contribution in [-0.4, -0.2) is 0 Å². The summed E-state index contributed by atoms with van der Waals surface area (Å²) in [6, 6.07) is 3.17. The van der Waals surface area contributed by atoms with Gasteiger partial charge in [-0.05, 0) is 43.2 Å². The summed E-state index contributed by atoms with van der Waals surface area (Å²) >= 11 is 0. The maximum Gasteiger partial charge on any atom is 0.201 e. The van der Waals surface area contributed by atoms with Crippen molar-refractivity contribution >= 4 is 0 Å². The average molecular weight is 322 g/mol. The van der Waals surface area contributed by atoms with Gasteiger partial charge in [-0.25, -0.2) is 4.39 Å². The summed E-state index contributed by atoms with van der Waals surface area (Å²) in [5.41, 5.74) is 0.464. The highest BCUT2D eigenvalue weighted by Crippen LogP contribution is 2.34. The topological polar surface area (TPSA) is 9.23 Å². The van der Waals surface area contributed by atoms with Crippen LogP contribution in [-0.2, 0) is 6.42 Å². The largest absolute Gasteiger partial charge is 0.462 e. The van der Waals surface area contributed by atoms with Crippen LogP contribution in [0.1, 0.15) is 64.4 Å². The molecule has 0 aromatic heterocycles. The summed E-state index contributed by atoms with van der Waals surface area (Å²) in [7, 11) is 0. The van der Waals surface area contributed by atoms with Crippen LogP contribution in [0.2, 0.25) is 0 Å². The van der Waals surface area contributed by atoms with E-state index in [4.69, 9.17) is 4.74 Å². The molecule has 1 fully saturated rings. The van der Waals surface area contributed by atoms with Gasteiger partial charge in [0.2, 0.25) is 5.82 Å². The molecule has 1 aromatic rings. The second-order valence-corrected chi connectivity index (χ2v) is 6.65. The van der Waals surface area contributed by atoms with Gasteiger partial charge < -0.3 is 4.74 Å². The van der Waals surface area contributed by atoms with Crippen LogP contribution in [0, 0.1) is 23.5 Å². The minimum absolute atomic E-state index is 0.0515. The molecule has 128 valence electrons. The Labute approximate surface area is 138 Å². The molecule has 1 saturated carbocycles. The fourth-order valence-corrected chi connectivity index (χ4v) is 3.57. The number of halogens is 2. The second kappa shape index (κ2) is 9.05. The van der Waals surface area contributed by atoms with Crippen LogP contribution in [0.4, 0.5) is 8.78 Å². The first-order chi connectivity index (χ1) is 11.2. The van der Waals surface area contributed by atoms with Gasteiger partial charge >= 0.3 is 0 Å². The van der Waals surface area contributed by atoms with Crippen LogP contribution in [0.5, 0.6) is 5.75 Å². The third kappa shape index (κ3) is 5.05. The van der Waals surface area contributed by atoms with Crippen molar-refractivity contribution in [2.75, 3.05) is 0 Å². The number of hydrogen-bond donors (Lipinski definition) is 0. The first-order valence-electron chi connectivity index (χ1n) is 8.90. The minimum Gasteiger partial charge on any atom is -0.462 e. The van der Waals surface area contributed by atoms with E-state index < -0.39 is 11.6 Å². The van der Waals surface area contributed by atoms with Gasteiger partial charge in [-0.1, -0.05) is 57.6 Å². The zero-order valence-corrected chi connectivity index (χ0v) is 14.3. The van der Waals surface area contributed by atoms with Crippen molar-refractivity contribution in [3.63, 3.8) is 0 Å². The Morgan fingerprint density at radius 2 is 1.70 bits per heavy atom. The fraction of sp³-hybridized carbons (Fsp3) is 0.600. The van der Waals surface area contributed by atoms with Gasteiger partial charge in [-0.3, -0.25) is 0 Å². The third-order valence-electron chi connectivity index (χ3n) is 4.94. The number of ether oxygens (including phenoxy) is 1. The summed E-state index contributed by atoms with van der Waals surface area (Å²) in [6.07, 6.45) is 12.2. The highest BCUT2D eigenvalue weighted by molar-refractivity contribution is 5.31. The van der Waals surface area contributed by atoms with Crippen LogP contribution < -0.4 is 4.74 Å². The van der Waals surface area contributed by atoms with E-state index in [2.05, 4.69) is 6.92 Å². The van der Waals surface area contributed by atoms with E-state index in [1.807, 2.05) is 0 Å². The Morgan fingerprint density at radius 1 is 1.04 bits per heavy atom. The number of aryl methyl sites for hydroxylation is 1. The van der Waals surface area contributed by atoms with Gasteiger partial charge in [0.05, 0.1) is 6.26 Å². The monoisotopic (exact) mass is 322 g/mol. The third-order valence-corrected chi connectivity index (χ3v) is 4.94. The van der Waals surface area contributed by atoms with Gasteiger partial charge in [-0.15, -0.1) is 0 Å². The Kier molecular flexibility index (Phi) is 7.07. The maximum absolute atomic E-state index is 14.1. The molecule has 0 N–H and O–H groups in total. The van der Waals surface area contributed by atoms with E-state index >= 15 is 0 Å². The molecule has 23 heavy (non-hydrogen) atoms. The fourth-order valence-electron chi connectivity index (χ4n) is 3.57. The molecular formula is C20H28F2O. The van der Waals surface area contributed by atoms with Crippen molar-refractivity contribution < 1.29 is 13.5 Å². The number of benzene rings is 1. The smallest absolute Gasteiger partial charge is 0.201 e. The quantitative estimate of drug-likeness (QED) is 0.527.